The Hall–Kier alpha value is -1.16. The first kappa shape index (κ1) is 12.9. The van der Waals surface area contributed by atoms with Gasteiger partial charge in [-0.25, -0.2) is 12.8 Å². The maximum atomic E-state index is 12.8. The Balaban J connectivity index is 3.09. The summed E-state index contributed by atoms with van der Waals surface area (Å²) in [6.45, 7) is 1.39. The maximum Gasteiger partial charge on any atom is 0.241 e. The normalized spacial score (nSPS) is 13.1. The Kier molecular flexibility index (Phi) is 3.86. The molecule has 0 heterocycles. The lowest BCUT2D eigenvalue weighted by Crippen LogP contribution is -2.31. The van der Waals surface area contributed by atoms with E-state index in [4.69, 9.17) is 16.9 Å². The van der Waals surface area contributed by atoms with Crippen LogP contribution in [0.2, 0.25) is 5.02 Å². The summed E-state index contributed by atoms with van der Waals surface area (Å²) in [6.07, 6.45) is 0. The zero-order chi connectivity index (χ0) is 12.3. The van der Waals surface area contributed by atoms with Gasteiger partial charge in [-0.05, 0) is 25.1 Å². The third kappa shape index (κ3) is 2.92. The summed E-state index contributed by atoms with van der Waals surface area (Å²) >= 11 is 5.46. The van der Waals surface area contributed by atoms with Gasteiger partial charge in [-0.2, -0.15) is 9.98 Å². The minimum Gasteiger partial charge on any atom is -0.207 e. The summed E-state index contributed by atoms with van der Waals surface area (Å²) in [7, 11) is -3.83. The van der Waals surface area contributed by atoms with Crippen molar-refractivity contribution in [3.8, 4) is 6.07 Å². The number of benzene rings is 1. The zero-order valence-corrected chi connectivity index (χ0v) is 9.81. The fourth-order valence-electron chi connectivity index (χ4n) is 0.971. The van der Waals surface area contributed by atoms with E-state index in [1.807, 2.05) is 0 Å². The van der Waals surface area contributed by atoms with E-state index in [-0.39, 0.29) is 9.92 Å². The molecule has 0 saturated heterocycles. The van der Waals surface area contributed by atoms with E-state index in [0.29, 0.717) is 0 Å². The van der Waals surface area contributed by atoms with Crippen molar-refractivity contribution >= 4 is 21.6 Å². The lowest BCUT2D eigenvalue weighted by Gasteiger charge is -2.08. The Morgan fingerprint density at radius 2 is 2.19 bits per heavy atom. The van der Waals surface area contributed by atoms with E-state index in [2.05, 4.69) is 4.72 Å². The van der Waals surface area contributed by atoms with Crippen LogP contribution in [0.15, 0.2) is 23.1 Å². The summed E-state index contributed by atoms with van der Waals surface area (Å²) in [6, 6.07) is 3.87. The van der Waals surface area contributed by atoms with E-state index in [9.17, 15) is 12.8 Å². The third-order valence-electron chi connectivity index (χ3n) is 1.73. The molecule has 0 aliphatic heterocycles. The molecule has 1 aromatic carbocycles. The van der Waals surface area contributed by atoms with Crippen LogP contribution in [0.3, 0.4) is 0 Å². The quantitative estimate of drug-likeness (QED) is 0.901. The Morgan fingerprint density at radius 1 is 1.56 bits per heavy atom. The molecule has 1 atom stereocenters. The van der Waals surface area contributed by atoms with E-state index in [1.165, 1.54) is 6.92 Å². The van der Waals surface area contributed by atoms with Crippen LogP contribution in [-0.2, 0) is 10.0 Å². The fraction of sp³-hybridized carbons (Fsp3) is 0.222. The molecule has 0 amide bonds. The van der Waals surface area contributed by atoms with Gasteiger partial charge in [0.05, 0.1) is 16.0 Å². The molecule has 0 radical (unpaired) electrons. The second kappa shape index (κ2) is 4.78. The third-order valence-corrected chi connectivity index (χ3v) is 3.55. The van der Waals surface area contributed by atoms with E-state index >= 15 is 0 Å². The molecule has 0 spiro atoms. The van der Waals surface area contributed by atoms with Crippen molar-refractivity contribution in [3.05, 3.63) is 29.0 Å². The van der Waals surface area contributed by atoms with Crippen LogP contribution >= 0.6 is 11.6 Å². The van der Waals surface area contributed by atoms with Gasteiger partial charge in [0, 0.05) is 0 Å². The summed E-state index contributed by atoms with van der Waals surface area (Å²) in [5, 5.41) is 8.20. The summed E-state index contributed by atoms with van der Waals surface area (Å²) < 4.78 is 38.2. The fourth-order valence-corrected chi connectivity index (χ4v) is 2.39. The number of halogens is 2. The van der Waals surface area contributed by atoms with Gasteiger partial charge in [-0.3, -0.25) is 0 Å². The number of nitrogens with zero attached hydrogens (tertiary/aromatic N) is 1. The van der Waals surface area contributed by atoms with Crippen molar-refractivity contribution in [1.29, 1.82) is 5.26 Å². The molecule has 1 aromatic rings. The topological polar surface area (TPSA) is 70.0 Å². The monoisotopic (exact) mass is 262 g/mol. The first-order valence-corrected chi connectivity index (χ1v) is 6.10. The van der Waals surface area contributed by atoms with Crippen molar-refractivity contribution in [2.45, 2.75) is 17.9 Å². The number of hydrogen-bond donors (Lipinski definition) is 1. The number of rotatable bonds is 3. The van der Waals surface area contributed by atoms with Crippen LogP contribution in [0.5, 0.6) is 0 Å². The highest BCUT2D eigenvalue weighted by Crippen LogP contribution is 2.19. The van der Waals surface area contributed by atoms with E-state index in [1.54, 1.807) is 6.07 Å². The lowest BCUT2D eigenvalue weighted by atomic mass is 10.3. The average Bonchev–Trinajstić information content (AvgIpc) is 2.21. The van der Waals surface area contributed by atoms with E-state index < -0.39 is 21.9 Å². The predicted octanol–water partition coefficient (Wildman–Crippen LogP) is 1.67. The molecular formula is C9H8ClFN2O2S. The molecule has 0 aromatic heterocycles. The molecule has 0 unspecified atom stereocenters. The second-order valence-electron chi connectivity index (χ2n) is 3.05. The standard InChI is InChI=1S/C9H8ClFN2O2S/c1-6(5-12)13-16(14,15)7-2-3-9(11)8(10)4-7/h2-4,6,13H,1H3/t6-/m1/s1. The van der Waals surface area contributed by atoms with Crippen LogP contribution in [0.25, 0.3) is 0 Å². The first-order chi connectivity index (χ1) is 7.36. The smallest absolute Gasteiger partial charge is 0.207 e. The van der Waals surface area contributed by atoms with Crippen LogP contribution in [0.4, 0.5) is 4.39 Å². The molecule has 0 aliphatic carbocycles. The van der Waals surface area contributed by atoms with Gasteiger partial charge in [-0.1, -0.05) is 11.6 Å². The van der Waals surface area contributed by atoms with Crippen LogP contribution < -0.4 is 4.72 Å². The number of hydrogen-bond acceptors (Lipinski definition) is 3. The van der Waals surface area contributed by atoms with Gasteiger partial charge < -0.3 is 0 Å². The van der Waals surface area contributed by atoms with Gasteiger partial charge >= 0.3 is 0 Å². The Labute approximate surface area is 97.7 Å². The van der Waals surface area contributed by atoms with Crippen LogP contribution in [-0.4, -0.2) is 14.5 Å². The van der Waals surface area contributed by atoms with Gasteiger partial charge in [-0.15, -0.1) is 0 Å². The number of sulfonamides is 1. The molecule has 4 nitrogen and oxygen atoms in total. The van der Waals surface area contributed by atoms with E-state index in [0.717, 1.165) is 18.2 Å². The highest BCUT2D eigenvalue weighted by molar-refractivity contribution is 7.89. The van der Waals surface area contributed by atoms with Crippen molar-refractivity contribution in [3.63, 3.8) is 0 Å². The molecule has 0 bridgehead atoms. The number of nitriles is 1. The molecule has 1 rings (SSSR count). The minimum atomic E-state index is -3.83. The highest BCUT2D eigenvalue weighted by atomic mass is 35.5. The van der Waals surface area contributed by atoms with Crippen molar-refractivity contribution in [2.75, 3.05) is 0 Å². The molecule has 86 valence electrons. The predicted molar refractivity (Wildman–Crippen MR) is 56.8 cm³/mol. The molecule has 0 fully saturated rings. The number of nitrogens with one attached hydrogen (secondary N) is 1. The zero-order valence-electron chi connectivity index (χ0n) is 8.24. The van der Waals surface area contributed by atoms with Gasteiger partial charge in [0.2, 0.25) is 10.0 Å². The second-order valence-corrected chi connectivity index (χ2v) is 5.17. The highest BCUT2D eigenvalue weighted by Gasteiger charge is 2.18. The van der Waals surface area contributed by atoms with Crippen molar-refractivity contribution in [2.24, 2.45) is 0 Å². The summed E-state index contributed by atoms with van der Waals surface area (Å²) in [5.41, 5.74) is 0. The van der Waals surface area contributed by atoms with Gasteiger partial charge in [0.25, 0.3) is 0 Å². The molecule has 0 aliphatic rings. The summed E-state index contributed by atoms with van der Waals surface area (Å²) in [4.78, 5) is -0.180. The lowest BCUT2D eigenvalue weighted by molar-refractivity contribution is 0.576. The van der Waals surface area contributed by atoms with Gasteiger partial charge in [0.1, 0.15) is 11.9 Å². The SMILES string of the molecule is C[C@H](C#N)NS(=O)(=O)c1ccc(F)c(Cl)c1. The molecular weight excluding hydrogens is 255 g/mol. The first-order valence-electron chi connectivity index (χ1n) is 4.24. The van der Waals surface area contributed by atoms with Crippen LogP contribution in [0.1, 0.15) is 6.92 Å². The van der Waals surface area contributed by atoms with Crippen molar-refractivity contribution < 1.29 is 12.8 Å². The molecule has 16 heavy (non-hydrogen) atoms. The Morgan fingerprint density at radius 3 is 2.69 bits per heavy atom. The van der Waals surface area contributed by atoms with Crippen molar-refractivity contribution in [1.82, 2.24) is 4.72 Å². The van der Waals surface area contributed by atoms with Crippen LogP contribution in [0, 0.1) is 17.1 Å². The Bertz CT molecular complexity index is 539. The molecule has 0 saturated carbocycles. The van der Waals surface area contributed by atoms with Gasteiger partial charge in [0.15, 0.2) is 0 Å². The molecule has 7 heteroatoms. The minimum absolute atomic E-state index is 0.180. The molecule has 1 N–H and O–H groups in total. The maximum absolute atomic E-state index is 12.8. The summed E-state index contributed by atoms with van der Waals surface area (Å²) in [5.74, 6) is -0.700. The average molecular weight is 263 g/mol. The largest absolute Gasteiger partial charge is 0.241 e.